The topological polar surface area (TPSA) is 97.5 Å². The number of carboxylic acid groups (broad SMARTS) is 1. The fourth-order valence-electron chi connectivity index (χ4n) is 1.18. The molecule has 7 heteroatoms. The highest BCUT2D eigenvalue weighted by atomic mass is 16.5. The molecule has 2 heterocycles. The van der Waals surface area contributed by atoms with Gasteiger partial charge < -0.3 is 19.6 Å². The van der Waals surface area contributed by atoms with Crippen LogP contribution in [0.5, 0.6) is 0 Å². The first kappa shape index (κ1) is 9.10. The normalized spacial score (nSPS) is 22.1. The lowest BCUT2D eigenvalue weighted by Crippen LogP contribution is -2.33. The van der Waals surface area contributed by atoms with Crippen LogP contribution in [0.4, 0.5) is 0 Å². The molecule has 1 saturated heterocycles. The Kier molecular flexibility index (Phi) is 2.42. The third-order valence-corrected chi connectivity index (χ3v) is 1.83. The van der Waals surface area contributed by atoms with Crippen molar-refractivity contribution < 1.29 is 19.1 Å². The van der Waals surface area contributed by atoms with Crippen molar-refractivity contribution in [2.45, 2.75) is 6.10 Å². The van der Waals surface area contributed by atoms with Gasteiger partial charge in [0.05, 0.1) is 6.61 Å². The second-order valence-electron chi connectivity index (χ2n) is 2.81. The van der Waals surface area contributed by atoms with Crippen molar-refractivity contribution in [2.75, 3.05) is 19.7 Å². The van der Waals surface area contributed by atoms with E-state index in [-0.39, 0.29) is 12.0 Å². The molecule has 0 radical (unpaired) electrons. The van der Waals surface area contributed by atoms with Gasteiger partial charge in [-0.2, -0.15) is 0 Å². The predicted molar refractivity (Wildman–Crippen MR) is 42.8 cm³/mol. The molecule has 1 fully saturated rings. The summed E-state index contributed by atoms with van der Waals surface area (Å²) in [5, 5.41) is 18.6. The average molecular weight is 199 g/mol. The van der Waals surface area contributed by atoms with Gasteiger partial charge in [-0.1, -0.05) is 0 Å². The second kappa shape index (κ2) is 3.72. The van der Waals surface area contributed by atoms with E-state index in [1.54, 1.807) is 0 Å². The van der Waals surface area contributed by atoms with E-state index in [0.717, 1.165) is 6.54 Å². The molecule has 0 aromatic carbocycles. The molecule has 1 aliphatic heterocycles. The van der Waals surface area contributed by atoms with Crippen LogP contribution in [0.3, 0.4) is 0 Å². The highest BCUT2D eigenvalue weighted by Gasteiger charge is 2.23. The highest BCUT2D eigenvalue weighted by Crippen LogP contribution is 2.16. The molecule has 1 atom stereocenters. The Morgan fingerprint density at radius 1 is 1.57 bits per heavy atom. The molecule has 1 aromatic rings. The summed E-state index contributed by atoms with van der Waals surface area (Å²) < 4.78 is 10.2. The van der Waals surface area contributed by atoms with Gasteiger partial charge in [-0.25, -0.2) is 4.79 Å². The lowest BCUT2D eigenvalue weighted by molar-refractivity contribution is 0.00979. The third-order valence-electron chi connectivity index (χ3n) is 1.83. The first-order valence-electron chi connectivity index (χ1n) is 4.16. The largest absolute Gasteiger partial charge is 0.474 e. The number of nitrogens with one attached hydrogen (secondary N) is 1. The zero-order chi connectivity index (χ0) is 9.97. The molecule has 7 nitrogen and oxygen atoms in total. The van der Waals surface area contributed by atoms with Crippen molar-refractivity contribution in [2.24, 2.45) is 0 Å². The van der Waals surface area contributed by atoms with Gasteiger partial charge in [0.25, 0.3) is 0 Å². The lowest BCUT2D eigenvalue weighted by Gasteiger charge is -2.20. The average Bonchev–Trinajstić information content (AvgIpc) is 2.68. The Morgan fingerprint density at radius 2 is 2.43 bits per heavy atom. The zero-order valence-electron chi connectivity index (χ0n) is 7.27. The van der Waals surface area contributed by atoms with Crippen LogP contribution < -0.4 is 5.32 Å². The molecule has 0 aliphatic carbocycles. The monoisotopic (exact) mass is 199 g/mol. The zero-order valence-corrected chi connectivity index (χ0v) is 7.27. The van der Waals surface area contributed by atoms with Gasteiger partial charge in [0.1, 0.15) is 6.10 Å². The minimum Gasteiger partial charge on any atom is -0.474 e. The summed E-state index contributed by atoms with van der Waals surface area (Å²) in [6, 6.07) is 0. The smallest absolute Gasteiger partial charge is 0.393 e. The minimum atomic E-state index is -1.23. The lowest BCUT2D eigenvalue weighted by atomic mass is 10.3. The molecular weight excluding hydrogens is 190 g/mol. The number of morpholine rings is 1. The van der Waals surface area contributed by atoms with Gasteiger partial charge in [0.15, 0.2) is 0 Å². The summed E-state index contributed by atoms with van der Waals surface area (Å²) >= 11 is 0. The van der Waals surface area contributed by atoms with E-state index in [0.29, 0.717) is 13.2 Å². The van der Waals surface area contributed by atoms with E-state index in [4.69, 9.17) is 14.3 Å². The number of hydrogen-bond acceptors (Lipinski definition) is 6. The number of carbonyl (C=O) groups is 1. The number of carboxylic acids is 1. The highest BCUT2D eigenvalue weighted by molar-refractivity contribution is 5.81. The minimum absolute atomic E-state index is 0.203. The molecule has 76 valence electrons. The van der Waals surface area contributed by atoms with Crippen molar-refractivity contribution in [3.8, 4) is 0 Å². The van der Waals surface area contributed by atoms with Gasteiger partial charge in [-0.15, -0.1) is 10.2 Å². The van der Waals surface area contributed by atoms with Crippen molar-refractivity contribution in [1.82, 2.24) is 15.5 Å². The van der Waals surface area contributed by atoms with Gasteiger partial charge in [-0.05, 0) is 0 Å². The fourth-order valence-corrected chi connectivity index (χ4v) is 1.18. The first-order chi connectivity index (χ1) is 6.77. The number of aromatic carboxylic acids is 1. The summed E-state index contributed by atoms with van der Waals surface area (Å²) in [6.45, 7) is 1.88. The van der Waals surface area contributed by atoms with Crippen LogP contribution in [0.1, 0.15) is 22.7 Å². The number of ether oxygens (including phenoxy) is 1. The number of hydrogen-bond donors (Lipinski definition) is 2. The molecular formula is C7H9N3O4. The molecule has 0 amide bonds. The Morgan fingerprint density at radius 3 is 3.00 bits per heavy atom. The maximum Gasteiger partial charge on any atom is 0.393 e. The predicted octanol–water partition coefficient (Wildman–Crippen LogP) is -0.571. The van der Waals surface area contributed by atoms with Crippen molar-refractivity contribution in [3.05, 3.63) is 11.8 Å². The third kappa shape index (κ3) is 1.73. The van der Waals surface area contributed by atoms with Crippen molar-refractivity contribution in [1.29, 1.82) is 0 Å². The van der Waals surface area contributed by atoms with Crippen LogP contribution >= 0.6 is 0 Å². The summed E-state index contributed by atoms with van der Waals surface area (Å²) in [6.07, 6.45) is -0.343. The molecule has 1 aromatic heterocycles. The summed E-state index contributed by atoms with van der Waals surface area (Å²) in [7, 11) is 0. The molecule has 2 rings (SSSR count). The van der Waals surface area contributed by atoms with Crippen LogP contribution in [0.25, 0.3) is 0 Å². The summed E-state index contributed by atoms with van der Waals surface area (Å²) in [5.41, 5.74) is 0. The van der Waals surface area contributed by atoms with Crippen LogP contribution in [0, 0.1) is 0 Å². The van der Waals surface area contributed by atoms with Gasteiger partial charge in [-0.3, -0.25) is 0 Å². The molecule has 0 spiro atoms. The molecule has 1 aliphatic rings. The standard InChI is InChI=1S/C7H9N3O4/c11-7(12)6-10-9-5(14-6)4-3-8-1-2-13-4/h4,8H,1-3H2,(H,11,12). The number of nitrogens with zero attached hydrogens (tertiary/aromatic N) is 2. The van der Waals surface area contributed by atoms with E-state index < -0.39 is 11.9 Å². The van der Waals surface area contributed by atoms with E-state index in [1.807, 2.05) is 0 Å². The van der Waals surface area contributed by atoms with Crippen LogP contribution in [0.2, 0.25) is 0 Å². The van der Waals surface area contributed by atoms with E-state index in [9.17, 15) is 4.79 Å². The SMILES string of the molecule is O=C(O)c1nnc(C2CNCCO2)o1. The maximum atomic E-state index is 10.4. The summed E-state index contributed by atoms with van der Waals surface area (Å²) in [4.78, 5) is 10.4. The van der Waals surface area contributed by atoms with E-state index >= 15 is 0 Å². The van der Waals surface area contributed by atoms with Crippen molar-refractivity contribution in [3.63, 3.8) is 0 Å². The molecule has 14 heavy (non-hydrogen) atoms. The molecule has 0 saturated carbocycles. The van der Waals surface area contributed by atoms with Gasteiger partial charge >= 0.3 is 11.9 Å². The Hall–Kier alpha value is -1.47. The Bertz CT molecular complexity index is 331. The Labute approximate surface area is 79.1 Å². The second-order valence-corrected chi connectivity index (χ2v) is 2.81. The Balaban J connectivity index is 2.11. The van der Waals surface area contributed by atoms with Gasteiger partial charge in [0.2, 0.25) is 5.89 Å². The van der Waals surface area contributed by atoms with Gasteiger partial charge in [0, 0.05) is 13.1 Å². The van der Waals surface area contributed by atoms with E-state index in [1.165, 1.54) is 0 Å². The molecule has 2 N–H and O–H groups in total. The maximum absolute atomic E-state index is 10.4. The van der Waals surface area contributed by atoms with Crippen molar-refractivity contribution >= 4 is 5.97 Å². The summed E-state index contributed by atoms with van der Waals surface area (Å²) in [5.74, 6) is -1.43. The van der Waals surface area contributed by atoms with Crippen LogP contribution in [-0.4, -0.2) is 41.0 Å². The van der Waals surface area contributed by atoms with Crippen LogP contribution in [0.15, 0.2) is 4.42 Å². The van der Waals surface area contributed by atoms with Crippen LogP contribution in [-0.2, 0) is 4.74 Å². The number of rotatable bonds is 2. The quantitative estimate of drug-likeness (QED) is 0.658. The number of aromatic nitrogens is 2. The van der Waals surface area contributed by atoms with E-state index in [2.05, 4.69) is 15.5 Å². The molecule has 1 unspecified atom stereocenters. The first-order valence-corrected chi connectivity index (χ1v) is 4.16. The molecule has 0 bridgehead atoms. The fraction of sp³-hybridized carbons (Fsp3) is 0.571.